The number of carbonyl (C=O) groups is 1. The molecule has 3 aromatic rings. The summed E-state index contributed by atoms with van der Waals surface area (Å²) in [5.74, 6) is 0.0732. The fourth-order valence-electron chi connectivity index (χ4n) is 2.91. The monoisotopic (exact) mass is 310 g/mol. The maximum absolute atomic E-state index is 12.2. The highest BCUT2D eigenvalue weighted by Gasteiger charge is 2.11. The van der Waals surface area contributed by atoms with E-state index in [0.717, 1.165) is 35.0 Å². The summed E-state index contributed by atoms with van der Waals surface area (Å²) in [4.78, 5) is 15.5. The molecule has 0 atom stereocenters. The highest BCUT2D eigenvalue weighted by atomic mass is 16.1. The Morgan fingerprint density at radius 3 is 2.96 bits per heavy atom. The smallest absolute Gasteiger partial charge is 0.224 e. The van der Waals surface area contributed by atoms with Gasteiger partial charge in [-0.15, -0.1) is 0 Å². The van der Waals surface area contributed by atoms with Crippen LogP contribution in [0, 0.1) is 6.92 Å². The normalized spacial score (nSPS) is 11.0. The van der Waals surface area contributed by atoms with Crippen LogP contribution in [-0.4, -0.2) is 27.2 Å². The van der Waals surface area contributed by atoms with E-state index in [1.807, 2.05) is 44.6 Å². The fraction of sp³-hybridized carbons (Fsp3) is 0.333. The second kappa shape index (κ2) is 6.69. The predicted molar refractivity (Wildman–Crippen MR) is 91.3 cm³/mol. The number of rotatable bonds is 6. The lowest BCUT2D eigenvalue weighted by Crippen LogP contribution is -2.26. The van der Waals surface area contributed by atoms with Crippen LogP contribution in [0.15, 0.2) is 36.7 Å². The van der Waals surface area contributed by atoms with Gasteiger partial charge in [-0.1, -0.05) is 18.2 Å². The summed E-state index contributed by atoms with van der Waals surface area (Å²) in [6.45, 7) is 2.71. The largest absolute Gasteiger partial charge is 0.358 e. The number of fused-ring (bicyclic) bond motifs is 1. The Morgan fingerprint density at radius 2 is 2.17 bits per heavy atom. The molecule has 23 heavy (non-hydrogen) atoms. The van der Waals surface area contributed by atoms with Gasteiger partial charge in [0.1, 0.15) is 0 Å². The second-order valence-electron chi connectivity index (χ2n) is 5.93. The van der Waals surface area contributed by atoms with Crippen molar-refractivity contribution < 1.29 is 4.79 Å². The number of hydrogen-bond acceptors (Lipinski definition) is 2. The van der Waals surface area contributed by atoms with Gasteiger partial charge in [0.15, 0.2) is 0 Å². The van der Waals surface area contributed by atoms with Crippen molar-refractivity contribution in [2.75, 3.05) is 6.54 Å². The summed E-state index contributed by atoms with van der Waals surface area (Å²) in [5.41, 5.74) is 4.45. The van der Waals surface area contributed by atoms with Crippen molar-refractivity contribution in [3.8, 4) is 0 Å². The summed E-state index contributed by atoms with van der Waals surface area (Å²) in [6.07, 6.45) is 6.15. The molecule has 0 unspecified atom stereocenters. The molecular formula is C18H22N4O. The van der Waals surface area contributed by atoms with Crippen LogP contribution in [0.3, 0.4) is 0 Å². The van der Waals surface area contributed by atoms with Crippen molar-refractivity contribution in [2.24, 2.45) is 7.05 Å². The minimum Gasteiger partial charge on any atom is -0.358 e. The summed E-state index contributed by atoms with van der Waals surface area (Å²) >= 11 is 0. The SMILES string of the molecule is Cc1[nH]c2ccccc2c1CC(=O)NCCCc1cnn(C)c1. The Balaban J connectivity index is 1.51. The van der Waals surface area contributed by atoms with Crippen molar-refractivity contribution in [1.82, 2.24) is 20.1 Å². The molecule has 0 saturated heterocycles. The van der Waals surface area contributed by atoms with Crippen LogP contribution in [0.1, 0.15) is 23.2 Å². The van der Waals surface area contributed by atoms with E-state index in [2.05, 4.69) is 21.5 Å². The first-order valence-corrected chi connectivity index (χ1v) is 7.94. The maximum Gasteiger partial charge on any atom is 0.224 e. The molecule has 0 fully saturated rings. The quantitative estimate of drug-likeness (QED) is 0.687. The van der Waals surface area contributed by atoms with Crippen LogP contribution in [0.5, 0.6) is 0 Å². The number of carbonyl (C=O) groups excluding carboxylic acids is 1. The molecule has 0 bridgehead atoms. The molecule has 0 spiro atoms. The van der Waals surface area contributed by atoms with Crippen molar-refractivity contribution >= 4 is 16.8 Å². The third-order valence-corrected chi connectivity index (χ3v) is 4.09. The highest BCUT2D eigenvalue weighted by molar-refractivity contribution is 5.90. The van der Waals surface area contributed by atoms with Gasteiger partial charge >= 0.3 is 0 Å². The molecule has 2 aromatic heterocycles. The van der Waals surface area contributed by atoms with Gasteiger partial charge in [-0.3, -0.25) is 9.48 Å². The summed E-state index contributed by atoms with van der Waals surface area (Å²) in [5, 5.41) is 8.29. The van der Waals surface area contributed by atoms with E-state index in [4.69, 9.17) is 0 Å². The Kier molecular flexibility index (Phi) is 4.46. The number of hydrogen-bond donors (Lipinski definition) is 2. The van der Waals surface area contributed by atoms with Crippen molar-refractivity contribution in [2.45, 2.75) is 26.2 Å². The lowest BCUT2D eigenvalue weighted by molar-refractivity contribution is -0.120. The van der Waals surface area contributed by atoms with Gasteiger partial charge in [-0.25, -0.2) is 0 Å². The lowest BCUT2D eigenvalue weighted by Gasteiger charge is -2.05. The third kappa shape index (κ3) is 3.62. The van der Waals surface area contributed by atoms with Gasteiger partial charge in [0.05, 0.1) is 12.6 Å². The van der Waals surface area contributed by atoms with Gasteiger partial charge < -0.3 is 10.3 Å². The van der Waals surface area contributed by atoms with Crippen molar-refractivity contribution in [3.63, 3.8) is 0 Å². The number of aryl methyl sites for hydroxylation is 3. The van der Waals surface area contributed by atoms with E-state index in [9.17, 15) is 4.79 Å². The van der Waals surface area contributed by atoms with Crippen LogP contribution < -0.4 is 5.32 Å². The first kappa shape index (κ1) is 15.3. The molecule has 0 radical (unpaired) electrons. The van der Waals surface area contributed by atoms with Gasteiger partial charge in [-0.05, 0) is 37.0 Å². The van der Waals surface area contributed by atoms with Crippen LogP contribution in [0.25, 0.3) is 10.9 Å². The molecule has 1 amide bonds. The maximum atomic E-state index is 12.2. The number of nitrogens with zero attached hydrogens (tertiary/aromatic N) is 2. The minimum absolute atomic E-state index is 0.0732. The first-order chi connectivity index (χ1) is 11.1. The van der Waals surface area contributed by atoms with E-state index >= 15 is 0 Å². The number of H-pyrrole nitrogens is 1. The molecule has 0 aliphatic carbocycles. The fourth-order valence-corrected chi connectivity index (χ4v) is 2.91. The molecule has 2 N–H and O–H groups in total. The Labute approximate surface area is 135 Å². The zero-order valence-electron chi connectivity index (χ0n) is 13.6. The molecule has 1 aromatic carbocycles. The summed E-state index contributed by atoms with van der Waals surface area (Å²) in [7, 11) is 1.91. The number of aromatic amines is 1. The number of aromatic nitrogens is 3. The molecule has 0 saturated carbocycles. The first-order valence-electron chi connectivity index (χ1n) is 7.94. The number of benzene rings is 1. The van der Waals surface area contributed by atoms with Gasteiger partial charge in [-0.2, -0.15) is 5.10 Å². The van der Waals surface area contributed by atoms with Gasteiger partial charge in [0, 0.05) is 36.4 Å². The molecule has 0 aliphatic heterocycles. The molecule has 3 rings (SSSR count). The lowest BCUT2D eigenvalue weighted by atomic mass is 10.1. The standard InChI is InChI=1S/C18H22N4O/c1-13-16(15-7-3-4-8-17(15)21-13)10-18(23)19-9-5-6-14-11-20-22(2)12-14/h3-4,7-8,11-12,21H,5-6,9-10H2,1-2H3,(H,19,23). The molecule has 5 nitrogen and oxygen atoms in total. The Bertz CT molecular complexity index is 815. The van der Waals surface area contributed by atoms with Crippen LogP contribution in [-0.2, 0) is 24.7 Å². The predicted octanol–water partition coefficient (Wildman–Crippen LogP) is 2.50. The zero-order valence-corrected chi connectivity index (χ0v) is 13.6. The number of amides is 1. The summed E-state index contributed by atoms with van der Waals surface area (Å²) in [6, 6.07) is 8.10. The topological polar surface area (TPSA) is 62.7 Å². The molecule has 5 heteroatoms. The average molecular weight is 310 g/mol. The number of para-hydroxylation sites is 1. The van der Waals surface area contributed by atoms with Crippen molar-refractivity contribution in [1.29, 1.82) is 0 Å². The van der Waals surface area contributed by atoms with E-state index in [-0.39, 0.29) is 5.91 Å². The number of nitrogens with one attached hydrogen (secondary N) is 2. The zero-order chi connectivity index (χ0) is 16.2. The van der Waals surface area contributed by atoms with Crippen molar-refractivity contribution in [3.05, 3.63) is 53.5 Å². The van der Waals surface area contributed by atoms with Gasteiger partial charge in [0.25, 0.3) is 0 Å². The Morgan fingerprint density at radius 1 is 1.35 bits per heavy atom. The van der Waals surface area contributed by atoms with E-state index in [1.54, 1.807) is 4.68 Å². The Hall–Kier alpha value is -2.56. The molecule has 120 valence electrons. The summed E-state index contributed by atoms with van der Waals surface area (Å²) < 4.78 is 1.80. The van der Waals surface area contributed by atoms with Crippen LogP contribution in [0.2, 0.25) is 0 Å². The minimum atomic E-state index is 0.0732. The molecule has 2 heterocycles. The van der Waals surface area contributed by atoms with E-state index < -0.39 is 0 Å². The molecular weight excluding hydrogens is 288 g/mol. The van der Waals surface area contributed by atoms with E-state index in [1.165, 1.54) is 5.56 Å². The van der Waals surface area contributed by atoms with Gasteiger partial charge in [0.2, 0.25) is 5.91 Å². The molecule has 0 aliphatic rings. The average Bonchev–Trinajstić information content (AvgIpc) is 3.08. The third-order valence-electron chi connectivity index (χ3n) is 4.09. The van der Waals surface area contributed by atoms with E-state index in [0.29, 0.717) is 13.0 Å². The van der Waals surface area contributed by atoms with Crippen LogP contribution >= 0.6 is 0 Å². The second-order valence-corrected chi connectivity index (χ2v) is 5.93. The van der Waals surface area contributed by atoms with Crippen LogP contribution in [0.4, 0.5) is 0 Å². The highest BCUT2D eigenvalue weighted by Crippen LogP contribution is 2.22.